The number of rotatable bonds is 4. The van der Waals surface area contributed by atoms with Gasteiger partial charge in [0, 0.05) is 12.1 Å². The van der Waals surface area contributed by atoms with Gasteiger partial charge in [0.05, 0.1) is 0 Å². The number of nitrogens with two attached hydrogens (primary N) is 1. The van der Waals surface area contributed by atoms with Crippen molar-refractivity contribution in [3.8, 4) is 0 Å². The van der Waals surface area contributed by atoms with Gasteiger partial charge in [-0.05, 0) is 56.7 Å². The molecule has 0 saturated heterocycles. The first-order valence-electron chi connectivity index (χ1n) is 7.67. The van der Waals surface area contributed by atoms with Crippen molar-refractivity contribution >= 4 is 5.91 Å². The molecule has 1 saturated carbocycles. The van der Waals surface area contributed by atoms with Gasteiger partial charge in [0.25, 0.3) is 5.91 Å². The summed E-state index contributed by atoms with van der Waals surface area (Å²) in [5.74, 6) is 1.16. The zero-order valence-electron chi connectivity index (χ0n) is 12.6. The molecule has 0 bridgehead atoms. The molecule has 0 radical (unpaired) electrons. The number of benzene rings is 1. The normalized spacial score (nSPS) is 22.6. The Bertz CT molecular complexity index is 470. The predicted octanol–water partition coefficient (Wildman–Crippen LogP) is 2.80. The lowest BCUT2D eigenvalue weighted by molar-refractivity contribution is 0.0934. The van der Waals surface area contributed by atoms with Crippen LogP contribution in [-0.2, 0) is 0 Å². The predicted molar refractivity (Wildman–Crippen MR) is 82.8 cm³/mol. The summed E-state index contributed by atoms with van der Waals surface area (Å²) in [6.45, 7) is 5.53. The minimum Gasteiger partial charge on any atom is -0.352 e. The smallest absolute Gasteiger partial charge is 0.251 e. The van der Waals surface area contributed by atoms with Crippen molar-refractivity contribution in [1.29, 1.82) is 0 Å². The quantitative estimate of drug-likeness (QED) is 0.887. The maximum absolute atomic E-state index is 12.3. The van der Waals surface area contributed by atoms with Crippen LogP contribution in [0, 0.1) is 25.7 Å². The highest BCUT2D eigenvalue weighted by molar-refractivity contribution is 5.95. The molecule has 2 atom stereocenters. The zero-order valence-corrected chi connectivity index (χ0v) is 12.6. The molecule has 3 N–H and O–H groups in total. The highest BCUT2D eigenvalue weighted by Crippen LogP contribution is 2.28. The number of nitrogens with one attached hydrogen (secondary N) is 1. The maximum atomic E-state index is 12.3. The molecule has 1 aromatic rings. The fraction of sp³-hybridized carbons (Fsp3) is 0.588. The van der Waals surface area contributed by atoms with Gasteiger partial charge in [0.1, 0.15) is 0 Å². The Labute approximate surface area is 121 Å². The van der Waals surface area contributed by atoms with Crippen molar-refractivity contribution in [2.24, 2.45) is 17.6 Å². The third-order valence-corrected chi connectivity index (χ3v) is 4.52. The van der Waals surface area contributed by atoms with Gasteiger partial charge in [-0.3, -0.25) is 4.79 Å². The fourth-order valence-corrected chi connectivity index (χ4v) is 3.25. The topological polar surface area (TPSA) is 55.1 Å². The van der Waals surface area contributed by atoms with E-state index >= 15 is 0 Å². The molecule has 1 amide bonds. The van der Waals surface area contributed by atoms with Crippen molar-refractivity contribution < 1.29 is 4.79 Å². The second-order valence-corrected chi connectivity index (χ2v) is 6.07. The van der Waals surface area contributed by atoms with E-state index < -0.39 is 0 Å². The van der Waals surface area contributed by atoms with Crippen molar-refractivity contribution in [3.05, 3.63) is 34.9 Å². The summed E-state index contributed by atoms with van der Waals surface area (Å²) in [5, 5.41) is 3.10. The van der Waals surface area contributed by atoms with Crippen LogP contribution in [0.15, 0.2) is 18.2 Å². The van der Waals surface area contributed by atoms with Gasteiger partial charge in [-0.15, -0.1) is 0 Å². The molecule has 1 fully saturated rings. The Balaban J connectivity index is 1.94. The van der Waals surface area contributed by atoms with E-state index in [0.717, 1.165) is 24.2 Å². The van der Waals surface area contributed by atoms with Crippen molar-refractivity contribution in [2.45, 2.75) is 39.5 Å². The van der Waals surface area contributed by atoms with Crippen LogP contribution in [0.25, 0.3) is 0 Å². The molecule has 1 aromatic carbocycles. The summed E-state index contributed by atoms with van der Waals surface area (Å²) >= 11 is 0. The van der Waals surface area contributed by atoms with Crippen molar-refractivity contribution in [1.82, 2.24) is 5.32 Å². The molecule has 0 heterocycles. The molecule has 0 aromatic heterocycles. The number of hydrogen-bond acceptors (Lipinski definition) is 2. The lowest BCUT2D eigenvalue weighted by Crippen LogP contribution is -2.37. The molecule has 110 valence electrons. The SMILES string of the molecule is Cc1ccc(C(=O)NCC2CCCCC2CN)c(C)c1. The minimum absolute atomic E-state index is 0.0452. The minimum atomic E-state index is 0.0452. The Morgan fingerprint density at radius 3 is 2.60 bits per heavy atom. The Hall–Kier alpha value is -1.35. The number of aryl methyl sites for hydroxylation is 2. The third kappa shape index (κ3) is 3.60. The van der Waals surface area contributed by atoms with Crippen LogP contribution in [0.3, 0.4) is 0 Å². The zero-order chi connectivity index (χ0) is 14.5. The number of carbonyl (C=O) groups excluding carboxylic acids is 1. The molecule has 0 spiro atoms. The Kier molecular flexibility index (Phi) is 5.18. The van der Waals surface area contributed by atoms with Gasteiger partial charge in [-0.1, -0.05) is 30.5 Å². The molecular weight excluding hydrogens is 248 g/mol. The molecule has 3 nitrogen and oxygen atoms in total. The van der Waals surface area contributed by atoms with E-state index in [1.54, 1.807) is 0 Å². The summed E-state index contributed by atoms with van der Waals surface area (Å²) in [4.78, 5) is 12.3. The Morgan fingerprint density at radius 1 is 1.25 bits per heavy atom. The van der Waals surface area contributed by atoms with Gasteiger partial charge >= 0.3 is 0 Å². The lowest BCUT2D eigenvalue weighted by Gasteiger charge is -2.30. The first kappa shape index (κ1) is 15.0. The van der Waals surface area contributed by atoms with E-state index in [0.29, 0.717) is 11.8 Å². The van der Waals surface area contributed by atoms with E-state index in [1.165, 1.54) is 31.2 Å². The third-order valence-electron chi connectivity index (χ3n) is 4.52. The first-order valence-corrected chi connectivity index (χ1v) is 7.67. The largest absolute Gasteiger partial charge is 0.352 e. The molecular formula is C17H26N2O. The van der Waals surface area contributed by atoms with Gasteiger partial charge in [-0.25, -0.2) is 0 Å². The van der Waals surface area contributed by atoms with Crippen LogP contribution in [0.4, 0.5) is 0 Å². The van der Waals surface area contributed by atoms with Crippen LogP contribution in [-0.4, -0.2) is 19.0 Å². The van der Waals surface area contributed by atoms with Gasteiger partial charge in [0.2, 0.25) is 0 Å². The molecule has 1 aliphatic carbocycles. The van der Waals surface area contributed by atoms with E-state index in [2.05, 4.69) is 11.4 Å². The Morgan fingerprint density at radius 2 is 1.95 bits per heavy atom. The summed E-state index contributed by atoms with van der Waals surface area (Å²) in [5.41, 5.74) is 8.86. The fourth-order valence-electron chi connectivity index (χ4n) is 3.25. The first-order chi connectivity index (χ1) is 9.61. The summed E-state index contributed by atoms with van der Waals surface area (Å²) < 4.78 is 0. The molecule has 1 aliphatic rings. The van der Waals surface area contributed by atoms with Crippen LogP contribution in [0.5, 0.6) is 0 Å². The van der Waals surface area contributed by atoms with E-state index in [1.807, 2.05) is 26.0 Å². The number of carbonyl (C=O) groups is 1. The molecule has 2 unspecified atom stereocenters. The maximum Gasteiger partial charge on any atom is 0.251 e. The van der Waals surface area contributed by atoms with Crippen molar-refractivity contribution in [2.75, 3.05) is 13.1 Å². The molecule has 20 heavy (non-hydrogen) atoms. The number of amides is 1. The summed E-state index contributed by atoms with van der Waals surface area (Å²) in [6, 6.07) is 5.96. The lowest BCUT2D eigenvalue weighted by atomic mass is 9.79. The molecule has 2 rings (SSSR count). The highest BCUT2D eigenvalue weighted by Gasteiger charge is 2.24. The highest BCUT2D eigenvalue weighted by atomic mass is 16.1. The average molecular weight is 274 g/mol. The van der Waals surface area contributed by atoms with Gasteiger partial charge < -0.3 is 11.1 Å². The van der Waals surface area contributed by atoms with Crippen LogP contribution in [0.2, 0.25) is 0 Å². The number of hydrogen-bond donors (Lipinski definition) is 2. The average Bonchev–Trinajstić information content (AvgIpc) is 2.45. The van der Waals surface area contributed by atoms with E-state index in [9.17, 15) is 4.79 Å². The molecule has 0 aliphatic heterocycles. The summed E-state index contributed by atoms with van der Waals surface area (Å²) in [7, 11) is 0. The molecule has 3 heteroatoms. The second kappa shape index (κ2) is 6.89. The van der Waals surface area contributed by atoms with Gasteiger partial charge in [0.15, 0.2) is 0 Å². The van der Waals surface area contributed by atoms with E-state index in [-0.39, 0.29) is 5.91 Å². The van der Waals surface area contributed by atoms with E-state index in [4.69, 9.17) is 5.73 Å². The van der Waals surface area contributed by atoms with Gasteiger partial charge in [-0.2, -0.15) is 0 Å². The van der Waals surface area contributed by atoms with Crippen LogP contribution in [0.1, 0.15) is 47.2 Å². The monoisotopic (exact) mass is 274 g/mol. The van der Waals surface area contributed by atoms with Crippen molar-refractivity contribution in [3.63, 3.8) is 0 Å². The summed E-state index contributed by atoms with van der Waals surface area (Å²) in [6.07, 6.45) is 4.94. The second-order valence-electron chi connectivity index (χ2n) is 6.07. The van der Waals surface area contributed by atoms with Crippen LogP contribution < -0.4 is 11.1 Å². The standard InChI is InChI=1S/C17H26N2O/c1-12-7-8-16(13(2)9-12)17(20)19-11-15-6-4-3-5-14(15)10-18/h7-9,14-15H,3-6,10-11,18H2,1-2H3,(H,19,20). The van der Waals surface area contributed by atoms with Crippen LogP contribution >= 0.6 is 0 Å².